The van der Waals surface area contributed by atoms with E-state index in [1.807, 2.05) is 6.08 Å². The van der Waals surface area contributed by atoms with Crippen molar-refractivity contribution in [3.63, 3.8) is 0 Å². The summed E-state index contributed by atoms with van der Waals surface area (Å²) in [6.45, 7) is 3.73. The molecular formula is C12H17O2Si. The molecular weight excluding hydrogens is 204 g/mol. The first-order valence-corrected chi connectivity index (χ1v) is 6.47. The lowest BCUT2D eigenvalue weighted by Gasteiger charge is -2.08. The topological polar surface area (TPSA) is 18.5 Å². The van der Waals surface area contributed by atoms with Gasteiger partial charge in [0.05, 0.1) is 0 Å². The summed E-state index contributed by atoms with van der Waals surface area (Å²) >= 11 is 0. The molecule has 0 amide bonds. The van der Waals surface area contributed by atoms with Crippen molar-refractivity contribution in [2.24, 2.45) is 0 Å². The van der Waals surface area contributed by atoms with Gasteiger partial charge in [-0.2, -0.15) is 0 Å². The Morgan fingerprint density at radius 1 is 1.20 bits per heavy atom. The number of aryl methyl sites for hydroxylation is 1. The first kappa shape index (κ1) is 12.2. The lowest BCUT2D eigenvalue weighted by atomic mass is 10.1. The van der Waals surface area contributed by atoms with E-state index in [0.29, 0.717) is 0 Å². The first-order valence-electron chi connectivity index (χ1n) is 4.95. The van der Waals surface area contributed by atoms with Crippen LogP contribution in [0.5, 0.6) is 0 Å². The maximum atomic E-state index is 5.23. The zero-order valence-electron chi connectivity index (χ0n) is 9.32. The highest BCUT2D eigenvalue weighted by Gasteiger charge is 2.11. The van der Waals surface area contributed by atoms with E-state index in [2.05, 4.69) is 30.8 Å². The average Bonchev–Trinajstić information content (AvgIpc) is 2.31. The molecule has 1 rings (SSSR count). The summed E-state index contributed by atoms with van der Waals surface area (Å²) in [6.07, 6.45) is 2.86. The van der Waals surface area contributed by atoms with Crippen LogP contribution in [0.1, 0.15) is 11.1 Å². The molecule has 1 radical (unpaired) electrons. The van der Waals surface area contributed by atoms with Gasteiger partial charge in [0.25, 0.3) is 0 Å². The van der Waals surface area contributed by atoms with Crippen LogP contribution in [0.25, 0.3) is 6.08 Å². The van der Waals surface area contributed by atoms with E-state index in [1.165, 1.54) is 5.56 Å². The van der Waals surface area contributed by atoms with E-state index in [-0.39, 0.29) is 0 Å². The molecule has 0 fully saturated rings. The second-order valence-corrected chi connectivity index (χ2v) is 5.29. The molecule has 0 saturated carbocycles. The zero-order valence-corrected chi connectivity index (χ0v) is 10.3. The number of hydrogen-bond acceptors (Lipinski definition) is 2. The van der Waals surface area contributed by atoms with Gasteiger partial charge in [-0.15, -0.1) is 0 Å². The third-order valence-electron chi connectivity index (χ3n) is 2.29. The van der Waals surface area contributed by atoms with E-state index in [4.69, 9.17) is 8.85 Å². The van der Waals surface area contributed by atoms with Gasteiger partial charge in [0.2, 0.25) is 0 Å². The summed E-state index contributed by atoms with van der Waals surface area (Å²) in [7, 11) is 2.36. The quantitative estimate of drug-likeness (QED) is 0.688. The van der Waals surface area contributed by atoms with Gasteiger partial charge in [-0.3, -0.25) is 0 Å². The van der Waals surface area contributed by atoms with E-state index in [9.17, 15) is 0 Å². The van der Waals surface area contributed by atoms with Crippen LogP contribution in [0.2, 0.25) is 6.04 Å². The Bertz CT molecular complexity index is 291. The normalized spacial score (nSPS) is 10.6. The lowest BCUT2D eigenvalue weighted by molar-refractivity contribution is 0.277. The summed E-state index contributed by atoms with van der Waals surface area (Å²) in [4.78, 5) is 0. The molecule has 0 unspecified atom stereocenters. The number of hydrogen-bond donors (Lipinski definition) is 0. The average molecular weight is 221 g/mol. The molecule has 0 aliphatic rings. The van der Waals surface area contributed by atoms with E-state index in [0.717, 1.165) is 18.0 Å². The minimum Gasteiger partial charge on any atom is -0.397 e. The molecule has 0 bridgehead atoms. The predicted octanol–water partition coefficient (Wildman–Crippen LogP) is 2.65. The van der Waals surface area contributed by atoms with Gasteiger partial charge < -0.3 is 8.85 Å². The second kappa shape index (κ2) is 6.56. The van der Waals surface area contributed by atoms with Crippen LogP contribution in [0.4, 0.5) is 0 Å². The highest BCUT2D eigenvalue weighted by molar-refractivity contribution is 6.44. The summed E-state index contributed by atoms with van der Waals surface area (Å²) in [5.74, 6) is 0. The summed E-state index contributed by atoms with van der Waals surface area (Å²) in [5.41, 5.74) is 2.47. The third-order valence-corrected chi connectivity index (χ3v) is 3.86. The Morgan fingerprint density at radius 3 is 2.27 bits per heavy atom. The minimum absolute atomic E-state index is 0.977. The molecule has 2 nitrogen and oxygen atoms in total. The monoisotopic (exact) mass is 221 g/mol. The van der Waals surface area contributed by atoms with Crippen molar-refractivity contribution in [1.29, 1.82) is 0 Å². The molecule has 0 heterocycles. The molecule has 0 atom stereocenters. The molecule has 15 heavy (non-hydrogen) atoms. The highest BCUT2D eigenvalue weighted by atomic mass is 28.3. The van der Waals surface area contributed by atoms with Gasteiger partial charge in [0.1, 0.15) is 0 Å². The van der Waals surface area contributed by atoms with Crippen LogP contribution < -0.4 is 0 Å². The fourth-order valence-electron chi connectivity index (χ4n) is 1.35. The van der Waals surface area contributed by atoms with Crippen molar-refractivity contribution in [1.82, 2.24) is 0 Å². The third kappa shape index (κ3) is 3.99. The van der Waals surface area contributed by atoms with Crippen LogP contribution >= 0.6 is 0 Å². The zero-order chi connectivity index (χ0) is 11.1. The Balaban J connectivity index is 2.46. The van der Waals surface area contributed by atoms with Crippen LogP contribution in [0, 0.1) is 0 Å². The van der Waals surface area contributed by atoms with E-state index in [1.54, 1.807) is 14.2 Å². The van der Waals surface area contributed by atoms with Gasteiger partial charge in [-0.25, -0.2) is 0 Å². The molecule has 0 spiro atoms. The maximum absolute atomic E-state index is 5.23. The maximum Gasteiger partial charge on any atom is 0.384 e. The van der Waals surface area contributed by atoms with Crippen LogP contribution in [0.15, 0.2) is 30.8 Å². The summed E-state index contributed by atoms with van der Waals surface area (Å²) in [6, 6.07) is 9.39. The highest BCUT2D eigenvalue weighted by Crippen LogP contribution is 2.09. The van der Waals surface area contributed by atoms with Crippen molar-refractivity contribution >= 4 is 15.4 Å². The Labute approximate surface area is 93.4 Å². The summed E-state index contributed by atoms with van der Waals surface area (Å²) in [5, 5.41) is 0. The van der Waals surface area contributed by atoms with E-state index < -0.39 is 9.28 Å². The fraction of sp³-hybridized carbons (Fsp3) is 0.333. The standard InChI is InChI=1S/C12H17O2Si/c1-4-11-5-7-12(8-6-11)9-10-15(13-2)14-3/h4-8H,1,9-10H2,2-3H3. The molecule has 1 aromatic rings. The molecule has 0 aliphatic heterocycles. The van der Waals surface area contributed by atoms with Crippen molar-refractivity contribution in [2.75, 3.05) is 14.2 Å². The van der Waals surface area contributed by atoms with Crippen LogP contribution in [-0.4, -0.2) is 23.5 Å². The van der Waals surface area contributed by atoms with Crippen molar-refractivity contribution < 1.29 is 8.85 Å². The molecule has 81 valence electrons. The molecule has 0 saturated heterocycles. The lowest BCUT2D eigenvalue weighted by Crippen LogP contribution is -2.19. The molecule has 1 aromatic carbocycles. The Kier molecular flexibility index (Phi) is 5.32. The molecule has 0 N–H and O–H groups in total. The molecule has 3 heteroatoms. The second-order valence-electron chi connectivity index (χ2n) is 3.23. The SMILES string of the molecule is C=Cc1ccc(CC[Si](OC)OC)cc1. The van der Waals surface area contributed by atoms with Crippen LogP contribution in [-0.2, 0) is 15.3 Å². The van der Waals surface area contributed by atoms with Gasteiger partial charge >= 0.3 is 9.28 Å². The van der Waals surface area contributed by atoms with Gasteiger partial charge in [-0.05, 0) is 23.6 Å². The van der Waals surface area contributed by atoms with E-state index >= 15 is 0 Å². The first-order chi connectivity index (χ1) is 7.30. The van der Waals surface area contributed by atoms with Crippen molar-refractivity contribution in [2.45, 2.75) is 12.5 Å². The van der Waals surface area contributed by atoms with Gasteiger partial charge in [0, 0.05) is 14.2 Å². The molecule has 0 aromatic heterocycles. The minimum atomic E-state index is -1.06. The smallest absolute Gasteiger partial charge is 0.384 e. The summed E-state index contributed by atoms with van der Waals surface area (Å²) < 4.78 is 10.5. The van der Waals surface area contributed by atoms with Crippen molar-refractivity contribution in [3.8, 4) is 0 Å². The predicted molar refractivity (Wildman–Crippen MR) is 64.8 cm³/mol. The fourth-order valence-corrected chi connectivity index (χ4v) is 2.42. The number of rotatable bonds is 6. The van der Waals surface area contributed by atoms with Crippen LogP contribution in [0.3, 0.4) is 0 Å². The van der Waals surface area contributed by atoms with Gasteiger partial charge in [-0.1, -0.05) is 36.9 Å². The van der Waals surface area contributed by atoms with Gasteiger partial charge in [0.15, 0.2) is 0 Å². The van der Waals surface area contributed by atoms with Crippen molar-refractivity contribution in [3.05, 3.63) is 42.0 Å². The Morgan fingerprint density at radius 2 is 1.80 bits per heavy atom. The Hall–Kier alpha value is -0.903. The largest absolute Gasteiger partial charge is 0.397 e. The molecule has 0 aliphatic carbocycles. The number of benzene rings is 1.